The standard InChI is InChI=1S/C8H8N2O7S/c11-7-4(3-16-9-7)10-18(14,15)6-2-1-5(17-6)8(12)13/h1-2,4,10H,3H2,(H,9,11)(H,12,13)/t4-/m1/s1. The minimum Gasteiger partial charge on any atom is -0.475 e. The Balaban J connectivity index is 2.19. The molecule has 0 bridgehead atoms. The van der Waals surface area contributed by atoms with Gasteiger partial charge in [0.05, 0.1) is 0 Å². The largest absolute Gasteiger partial charge is 0.475 e. The zero-order valence-corrected chi connectivity index (χ0v) is 9.56. The molecule has 2 heterocycles. The van der Waals surface area contributed by atoms with E-state index in [9.17, 15) is 18.0 Å². The van der Waals surface area contributed by atoms with Crippen LogP contribution < -0.4 is 10.2 Å². The van der Waals surface area contributed by atoms with Crippen molar-refractivity contribution in [2.45, 2.75) is 11.1 Å². The van der Waals surface area contributed by atoms with Gasteiger partial charge in [0.1, 0.15) is 12.6 Å². The maximum atomic E-state index is 11.7. The van der Waals surface area contributed by atoms with Gasteiger partial charge >= 0.3 is 5.97 Å². The monoisotopic (exact) mass is 276 g/mol. The zero-order valence-electron chi connectivity index (χ0n) is 8.74. The first-order valence-corrected chi connectivity index (χ1v) is 6.15. The first-order chi connectivity index (χ1) is 8.40. The Morgan fingerprint density at radius 3 is 2.72 bits per heavy atom. The normalized spacial score (nSPS) is 19.8. The summed E-state index contributed by atoms with van der Waals surface area (Å²) in [7, 11) is -4.11. The van der Waals surface area contributed by atoms with Crippen LogP contribution in [0.5, 0.6) is 0 Å². The van der Waals surface area contributed by atoms with Gasteiger partial charge in [-0.3, -0.25) is 9.63 Å². The van der Waals surface area contributed by atoms with Gasteiger partial charge in [-0.15, -0.1) is 0 Å². The van der Waals surface area contributed by atoms with Crippen molar-refractivity contribution in [2.24, 2.45) is 0 Å². The molecule has 1 fully saturated rings. The first-order valence-electron chi connectivity index (χ1n) is 4.67. The number of rotatable bonds is 4. The van der Waals surface area contributed by atoms with Gasteiger partial charge in [-0.1, -0.05) is 0 Å². The van der Waals surface area contributed by atoms with Crippen LogP contribution >= 0.6 is 0 Å². The van der Waals surface area contributed by atoms with Gasteiger partial charge in [-0.05, 0) is 12.1 Å². The summed E-state index contributed by atoms with van der Waals surface area (Å²) >= 11 is 0. The highest BCUT2D eigenvalue weighted by molar-refractivity contribution is 7.89. The molecule has 1 aliphatic rings. The van der Waals surface area contributed by atoms with Crippen molar-refractivity contribution < 1.29 is 32.4 Å². The van der Waals surface area contributed by atoms with Crippen LogP contribution in [-0.4, -0.2) is 38.0 Å². The number of aromatic carboxylic acids is 1. The number of hydrogen-bond donors (Lipinski definition) is 3. The molecular formula is C8H8N2O7S. The Morgan fingerprint density at radius 2 is 2.22 bits per heavy atom. The lowest BCUT2D eigenvalue weighted by Crippen LogP contribution is -2.41. The Kier molecular flexibility index (Phi) is 3.07. The number of sulfonamides is 1. The molecule has 3 N–H and O–H groups in total. The number of carbonyl (C=O) groups excluding carboxylic acids is 1. The smallest absolute Gasteiger partial charge is 0.371 e. The number of nitrogens with one attached hydrogen (secondary N) is 2. The molecule has 18 heavy (non-hydrogen) atoms. The van der Waals surface area contributed by atoms with Crippen LogP contribution in [0.3, 0.4) is 0 Å². The summed E-state index contributed by atoms with van der Waals surface area (Å²) in [6, 6.07) is 0.912. The number of amides is 1. The molecule has 0 spiro atoms. The highest BCUT2D eigenvalue weighted by atomic mass is 32.2. The molecule has 1 saturated heterocycles. The van der Waals surface area contributed by atoms with E-state index >= 15 is 0 Å². The highest BCUT2D eigenvalue weighted by Gasteiger charge is 2.32. The third-order valence-corrected chi connectivity index (χ3v) is 3.44. The third kappa shape index (κ3) is 2.34. The summed E-state index contributed by atoms with van der Waals surface area (Å²) in [5, 5.41) is 8.01. The fourth-order valence-corrected chi connectivity index (χ4v) is 2.37. The van der Waals surface area contributed by atoms with Crippen molar-refractivity contribution in [2.75, 3.05) is 6.61 Å². The second-order valence-corrected chi connectivity index (χ2v) is 5.02. The van der Waals surface area contributed by atoms with Crippen LogP contribution in [0.25, 0.3) is 0 Å². The average Bonchev–Trinajstić information content (AvgIpc) is 2.88. The van der Waals surface area contributed by atoms with Crippen molar-refractivity contribution in [3.63, 3.8) is 0 Å². The second kappa shape index (κ2) is 4.40. The molecule has 1 aromatic rings. The van der Waals surface area contributed by atoms with E-state index in [1.54, 1.807) is 0 Å². The van der Waals surface area contributed by atoms with Gasteiger partial charge in [-0.25, -0.2) is 18.7 Å². The fraction of sp³-hybridized carbons (Fsp3) is 0.250. The van der Waals surface area contributed by atoms with Crippen molar-refractivity contribution in [1.29, 1.82) is 0 Å². The Labute approximate surface area is 101 Å². The first kappa shape index (κ1) is 12.5. The van der Waals surface area contributed by atoms with Crippen LogP contribution in [0.1, 0.15) is 10.6 Å². The lowest BCUT2D eigenvalue weighted by atomic mass is 10.3. The zero-order chi connectivity index (χ0) is 13.3. The van der Waals surface area contributed by atoms with E-state index in [0.29, 0.717) is 0 Å². The third-order valence-electron chi connectivity index (χ3n) is 2.09. The van der Waals surface area contributed by atoms with Gasteiger partial charge in [0.2, 0.25) is 10.9 Å². The SMILES string of the molecule is O=C(O)c1ccc(S(=O)(=O)N[C@@H]2CONC2=O)o1. The maximum Gasteiger partial charge on any atom is 0.371 e. The molecule has 9 nitrogen and oxygen atoms in total. The minimum atomic E-state index is -4.11. The molecule has 0 unspecified atom stereocenters. The van der Waals surface area contributed by atoms with E-state index in [2.05, 4.69) is 9.25 Å². The maximum absolute atomic E-state index is 11.7. The van der Waals surface area contributed by atoms with Gasteiger partial charge in [0.15, 0.2) is 0 Å². The van der Waals surface area contributed by atoms with E-state index in [1.807, 2.05) is 10.2 Å². The van der Waals surface area contributed by atoms with Crippen molar-refractivity contribution in [1.82, 2.24) is 10.2 Å². The van der Waals surface area contributed by atoms with Gasteiger partial charge < -0.3 is 9.52 Å². The number of carbonyl (C=O) groups is 2. The van der Waals surface area contributed by atoms with E-state index in [1.165, 1.54) is 0 Å². The second-order valence-electron chi connectivity index (χ2n) is 3.38. The molecule has 1 aromatic heterocycles. The van der Waals surface area contributed by atoms with Crippen molar-refractivity contribution >= 4 is 21.9 Å². The molecule has 1 atom stereocenters. The van der Waals surface area contributed by atoms with Crippen LogP contribution in [0.15, 0.2) is 21.6 Å². The summed E-state index contributed by atoms with van der Waals surface area (Å²) in [5.74, 6) is -2.54. The number of carboxylic acid groups (broad SMARTS) is 1. The van der Waals surface area contributed by atoms with Crippen molar-refractivity contribution in [3.8, 4) is 0 Å². The Hall–Kier alpha value is -1.91. The van der Waals surface area contributed by atoms with Crippen LogP contribution in [0.4, 0.5) is 0 Å². The summed E-state index contributed by atoms with van der Waals surface area (Å²) in [4.78, 5) is 26.2. The number of carboxylic acids is 1. The molecule has 1 aliphatic heterocycles. The predicted octanol–water partition coefficient (Wildman–Crippen LogP) is -1.31. The van der Waals surface area contributed by atoms with Crippen molar-refractivity contribution in [3.05, 3.63) is 17.9 Å². The summed E-state index contributed by atoms with van der Waals surface area (Å²) in [5.41, 5.74) is 1.98. The summed E-state index contributed by atoms with van der Waals surface area (Å²) in [6.07, 6.45) is 0. The minimum absolute atomic E-state index is 0.162. The predicted molar refractivity (Wildman–Crippen MR) is 53.9 cm³/mol. The van der Waals surface area contributed by atoms with E-state index in [-0.39, 0.29) is 6.61 Å². The fourth-order valence-electron chi connectivity index (χ4n) is 1.26. The quantitative estimate of drug-likeness (QED) is 0.621. The van der Waals surface area contributed by atoms with E-state index in [0.717, 1.165) is 12.1 Å². The molecule has 0 aromatic carbocycles. The summed E-state index contributed by atoms with van der Waals surface area (Å²) in [6.45, 7) is -0.162. The summed E-state index contributed by atoms with van der Waals surface area (Å²) < 4.78 is 30.1. The number of hydrogen-bond acceptors (Lipinski definition) is 6. The van der Waals surface area contributed by atoms with Crippen LogP contribution in [0, 0.1) is 0 Å². The highest BCUT2D eigenvalue weighted by Crippen LogP contribution is 2.14. The molecule has 0 saturated carbocycles. The molecular weight excluding hydrogens is 268 g/mol. The average molecular weight is 276 g/mol. The molecule has 0 aliphatic carbocycles. The van der Waals surface area contributed by atoms with Gasteiger partial charge in [0.25, 0.3) is 15.9 Å². The molecule has 0 radical (unpaired) electrons. The molecule has 2 rings (SSSR count). The van der Waals surface area contributed by atoms with Gasteiger partial charge in [-0.2, -0.15) is 4.72 Å². The lowest BCUT2D eigenvalue weighted by molar-refractivity contribution is -0.124. The van der Waals surface area contributed by atoms with Gasteiger partial charge in [0, 0.05) is 0 Å². The molecule has 98 valence electrons. The topological polar surface area (TPSA) is 135 Å². The molecule has 1 amide bonds. The van der Waals surface area contributed by atoms with E-state index < -0.39 is 38.8 Å². The Morgan fingerprint density at radius 1 is 1.50 bits per heavy atom. The van der Waals surface area contributed by atoms with Crippen LogP contribution in [0.2, 0.25) is 0 Å². The van der Waals surface area contributed by atoms with Crippen LogP contribution in [-0.2, 0) is 19.7 Å². The lowest BCUT2D eigenvalue weighted by Gasteiger charge is -2.06. The Bertz CT molecular complexity index is 590. The number of hydroxylamine groups is 1. The number of furan rings is 1. The van der Waals surface area contributed by atoms with E-state index in [4.69, 9.17) is 5.11 Å². The molecule has 10 heteroatoms.